The van der Waals surface area contributed by atoms with E-state index in [-0.39, 0.29) is 11.5 Å². The number of rotatable bonds is 5. The normalized spacial score (nSPS) is 28.4. The molecule has 156 valence electrons. The van der Waals surface area contributed by atoms with Gasteiger partial charge in [0, 0.05) is 50.2 Å². The Kier molecular flexibility index (Phi) is 6.29. The van der Waals surface area contributed by atoms with Crippen LogP contribution in [0.25, 0.3) is 0 Å². The van der Waals surface area contributed by atoms with Crippen LogP contribution in [0.15, 0.2) is 24.3 Å². The molecule has 2 saturated heterocycles. The number of hydrogen-bond acceptors (Lipinski definition) is 4. The van der Waals surface area contributed by atoms with Crippen molar-refractivity contribution < 1.29 is 9.84 Å². The van der Waals surface area contributed by atoms with Crippen LogP contribution in [0.4, 0.5) is 5.69 Å². The highest BCUT2D eigenvalue weighted by atomic mass is 16.6. The maximum atomic E-state index is 10.1. The van der Waals surface area contributed by atoms with E-state index < -0.39 is 6.29 Å². The van der Waals surface area contributed by atoms with Crippen molar-refractivity contribution >= 4 is 5.69 Å². The number of benzene rings is 1. The lowest BCUT2D eigenvalue weighted by atomic mass is 9.68. The molecule has 0 aromatic heterocycles. The molecule has 2 aliphatic heterocycles. The second kappa shape index (κ2) is 8.73. The van der Waals surface area contributed by atoms with Crippen molar-refractivity contribution in [2.75, 3.05) is 37.6 Å². The van der Waals surface area contributed by atoms with Crippen molar-refractivity contribution in [3.05, 3.63) is 29.8 Å². The van der Waals surface area contributed by atoms with E-state index in [1.807, 2.05) is 0 Å². The molecule has 1 aliphatic carbocycles. The maximum absolute atomic E-state index is 10.1. The number of para-hydroxylation sites is 1. The zero-order valence-corrected chi connectivity index (χ0v) is 17.8. The van der Waals surface area contributed by atoms with Crippen LogP contribution in [0.1, 0.15) is 70.3 Å². The van der Waals surface area contributed by atoms with Gasteiger partial charge in [-0.1, -0.05) is 51.3 Å². The van der Waals surface area contributed by atoms with E-state index >= 15 is 0 Å². The Labute approximate surface area is 170 Å². The van der Waals surface area contributed by atoms with Crippen LogP contribution in [0.3, 0.4) is 0 Å². The minimum atomic E-state index is -0.535. The Balaban J connectivity index is 1.30. The fraction of sp³-hybridized carbons (Fsp3) is 0.750. The third-order valence-electron chi connectivity index (χ3n) is 7.41. The molecule has 0 amide bonds. The van der Waals surface area contributed by atoms with Crippen molar-refractivity contribution in [3.63, 3.8) is 0 Å². The zero-order chi connectivity index (χ0) is 19.6. The summed E-state index contributed by atoms with van der Waals surface area (Å²) in [7, 11) is 0. The van der Waals surface area contributed by atoms with Gasteiger partial charge in [0.2, 0.25) is 0 Å². The van der Waals surface area contributed by atoms with Gasteiger partial charge in [0.1, 0.15) is 0 Å². The van der Waals surface area contributed by atoms with E-state index in [4.69, 9.17) is 4.74 Å². The van der Waals surface area contributed by atoms with Crippen LogP contribution in [0, 0.1) is 5.41 Å². The second-order valence-corrected chi connectivity index (χ2v) is 9.54. The largest absolute Gasteiger partial charge is 0.369 e. The highest BCUT2D eigenvalue weighted by molar-refractivity contribution is 5.55. The van der Waals surface area contributed by atoms with Gasteiger partial charge in [-0.05, 0) is 36.8 Å². The molecule has 1 aromatic rings. The Hall–Kier alpha value is -1.10. The molecule has 2 atom stereocenters. The van der Waals surface area contributed by atoms with Gasteiger partial charge >= 0.3 is 0 Å². The number of nitrogens with zero attached hydrogens (tertiary/aromatic N) is 2. The first-order valence-electron chi connectivity index (χ1n) is 11.5. The molecule has 0 radical (unpaired) electrons. The van der Waals surface area contributed by atoms with Crippen LogP contribution >= 0.6 is 0 Å². The van der Waals surface area contributed by atoms with Gasteiger partial charge in [0.05, 0.1) is 6.10 Å². The van der Waals surface area contributed by atoms with E-state index in [0.29, 0.717) is 5.92 Å². The summed E-state index contributed by atoms with van der Waals surface area (Å²) >= 11 is 0. The molecule has 4 heteroatoms. The molecular weight excluding hydrogens is 348 g/mol. The molecule has 1 saturated carbocycles. The topological polar surface area (TPSA) is 35.9 Å². The molecule has 1 N–H and O–H groups in total. The van der Waals surface area contributed by atoms with E-state index in [2.05, 4.69) is 47.9 Å². The number of hydrogen-bond donors (Lipinski definition) is 1. The predicted molar refractivity (Wildman–Crippen MR) is 115 cm³/mol. The van der Waals surface area contributed by atoms with Crippen molar-refractivity contribution in [3.8, 4) is 0 Å². The van der Waals surface area contributed by atoms with Gasteiger partial charge in [-0.15, -0.1) is 0 Å². The molecule has 4 nitrogen and oxygen atoms in total. The SMILES string of the molecule is CC(C)c1ccccc1N1CCN(CCC2OC(O)CC23CCCCC3)CC1. The summed E-state index contributed by atoms with van der Waals surface area (Å²) in [5, 5.41) is 10.1. The van der Waals surface area contributed by atoms with Crippen molar-refractivity contribution in [2.24, 2.45) is 5.41 Å². The van der Waals surface area contributed by atoms with Gasteiger partial charge in [0.15, 0.2) is 6.29 Å². The van der Waals surface area contributed by atoms with Crippen molar-refractivity contribution in [1.29, 1.82) is 0 Å². The van der Waals surface area contributed by atoms with Crippen molar-refractivity contribution in [2.45, 2.75) is 77.1 Å². The van der Waals surface area contributed by atoms with Gasteiger partial charge in [-0.2, -0.15) is 0 Å². The standard InChI is InChI=1S/C24H38N2O2/c1-19(2)20-8-4-5-9-21(20)26-16-14-25(15-17-26)13-10-22-24(18-23(27)28-22)11-6-3-7-12-24/h4-5,8-9,19,22-23,27H,3,6-7,10-18H2,1-2H3. The van der Waals surface area contributed by atoms with Gasteiger partial charge < -0.3 is 14.7 Å². The second-order valence-electron chi connectivity index (χ2n) is 9.54. The molecule has 28 heavy (non-hydrogen) atoms. The Morgan fingerprint density at radius 3 is 2.50 bits per heavy atom. The van der Waals surface area contributed by atoms with Crippen LogP contribution in [-0.2, 0) is 4.74 Å². The molecule has 3 fully saturated rings. The van der Waals surface area contributed by atoms with Gasteiger partial charge in [-0.25, -0.2) is 0 Å². The number of ether oxygens (including phenoxy) is 1. The van der Waals surface area contributed by atoms with Crippen LogP contribution < -0.4 is 4.90 Å². The summed E-state index contributed by atoms with van der Waals surface area (Å²) in [6, 6.07) is 8.89. The third kappa shape index (κ3) is 4.24. The molecule has 3 aliphatic rings. The zero-order valence-electron chi connectivity index (χ0n) is 17.8. The Bertz CT molecular complexity index is 633. The van der Waals surface area contributed by atoms with Crippen molar-refractivity contribution in [1.82, 2.24) is 4.90 Å². The summed E-state index contributed by atoms with van der Waals surface area (Å²) in [6.07, 6.45) is 8.10. The highest BCUT2D eigenvalue weighted by Gasteiger charge is 2.47. The quantitative estimate of drug-likeness (QED) is 0.815. The Morgan fingerprint density at radius 2 is 1.79 bits per heavy atom. The fourth-order valence-electron chi connectivity index (χ4n) is 5.79. The number of anilines is 1. The molecule has 2 heterocycles. The third-order valence-corrected chi connectivity index (χ3v) is 7.41. The first-order chi connectivity index (χ1) is 13.6. The number of aliphatic hydroxyl groups is 1. The molecule has 1 spiro atoms. The van der Waals surface area contributed by atoms with Gasteiger partial charge in [0.25, 0.3) is 0 Å². The fourth-order valence-corrected chi connectivity index (χ4v) is 5.79. The Morgan fingerprint density at radius 1 is 1.07 bits per heavy atom. The first-order valence-corrected chi connectivity index (χ1v) is 11.5. The minimum absolute atomic E-state index is 0.252. The summed E-state index contributed by atoms with van der Waals surface area (Å²) in [4.78, 5) is 5.16. The average molecular weight is 387 g/mol. The molecule has 2 unspecified atom stereocenters. The highest BCUT2D eigenvalue weighted by Crippen LogP contribution is 2.50. The molecule has 0 bridgehead atoms. The lowest BCUT2D eigenvalue weighted by Crippen LogP contribution is -2.48. The molecule has 4 rings (SSSR count). The average Bonchev–Trinajstić information content (AvgIpc) is 3.01. The number of aliphatic hydroxyl groups excluding tert-OH is 1. The summed E-state index contributed by atoms with van der Waals surface area (Å²) in [6.45, 7) is 10.1. The summed E-state index contributed by atoms with van der Waals surface area (Å²) < 4.78 is 6.00. The monoisotopic (exact) mass is 386 g/mol. The van der Waals surface area contributed by atoms with E-state index in [0.717, 1.165) is 45.6 Å². The lowest BCUT2D eigenvalue weighted by molar-refractivity contribution is -0.101. The molecular formula is C24H38N2O2. The first kappa shape index (κ1) is 20.2. The van der Waals surface area contributed by atoms with Gasteiger partial charge in [-0.3, -0.25) is 4.90 Å². The number of piperazine rings is 1. The smallest absolute Gasteiger partial charge is 0.155 e. The minimum Gasteiger partial charge on any atom is -0.369 e. The maximum Gasteiger partial charge on any atom is 0.155 e. The summed E-state index contributed by atoms with van der Waals surface area (Å²) in [5.74, 6) is 0.562. The lowest BCUT2D eigenvalue weighted by Gasteiger charge is -2.40. The summed E-state index contributed by atoms with van der Waals surface area (Å²) in [5.41, 5.74) is 3.14. The van der Waals surface area contributed by atoms with E-state index in [1.165, 1.54) is 43.4 Å². The van der Waals surface area contributed by atoms with E-state index in [9.17, 15) is 5.11 Å². The predicted octanol–water partition coefficient (Wildman–Crippen LogP) is 4.38. The van der Waals surface area contributed by atoms with Crippen LogP contribution in [0.5, 0.6) is 0 Å². The van der Waals surface area contributed by atoms with Crippen LogP contribution in [0.2, 0.25) is 0 Å². The van der Waals surface area contributed by atoms with E-state index in [1.54, 1.807) is 0 Å². The molecule has 1 aromatic carbocycles. The van der Waals surface area contributed by atoms with Crippen LogP contribution in [-0.4, -0.2) is 55.1 Å².